The number of aryl methyl sites for hydroxylation is 1. The summed E-state index contributed by atoms with van der Waals surface area (Å²) in [5, 5.41) is 5.45. The van der Waals surface area contributed by atoms with Gasteiger partial charge >= 0.3 is 0 Å². The van der Waals surface area contributed by atoms with Crippen LogP contribution in [0, 0.1) is 17.0 Å². The van der Waals surface area contributed by atoms with Crippen LogP contribution in [0.25, 0.3) is 11.0 Å². The molecular weight excluding hydrogens is 454 g/mol. The Kier molecular flexibility index (Phi) is 7.77. The van der Waals surface area contributed by atoms with Gasteiger partial charge in [-0.25, -0.2) is 13.8 Å². The molecule has 3 aromatic rings. The maximum Gasteiger partial charge on any atom is 0.255 e. The molecule has 2 amide bonds. The predicted octanol–water partition coefficient (Wildman–Crippen LogP) is 4.25. The van der Waals surface area contributed by atoms with Crippen molar-refractivity contribution in [1.82, 2.24) is 20.2 Å². The summed E-state index contributed by atoms with van der Waals surface area (Å²) in [6, 6.07) is 5.87. The zero-order valence-corrected chi connectivity index (χ0v) is 21.0. The molecule has 2 aromatic carbocycles. The second-order valence-corrected chi connectivity index (χ2v) is 9.33. The van der Waals surface area contributed by atoms with Gasteiger partial charge in [0.05, 0.1) is 23.2 Å². The lowest BCUT2D eigenvalue weighted by Crippen LogP contribution is -2.34. The molecule has 0 saturated carbocycles. The standard InChI is InChI=1S/C26H32F2N4O3/c1-7-29-24(33)17-11-19-20(13-21(17)35-8-2)32(6)22(31-19)12-16-18(27)10-9-15(23(16)28)14-30-25(34)26(3,4)5/h9-11,13H,7-8,12,14H2,1-6H3,(H,29,33)(H,30,34). The van der Waals surface area contributed by atoms with Crippen LogP contribution in [-0.2, 0) is 24.8 Å². The average Bonchev–Trinajstić information content (AvgIpc) is 3.09. The molecule has 0 fully saturated rings. The van der Waals surface area contributed by atoms with Crippen molar-refractivity contribution < 1.29 is 23.1 Å². The Hall–Kier alpha value is -3.49. The van der Waals surface area contributed by atoms with Gasteiger partial charge in [0, 0.05) is 49.2 Å². The second-order valence-electron chi connectivity index (χ2n) is 9.33. The summed E-state index contributed by atoms with van der Waals surface area (Å²) in [7, 11) is 1.75. The summed E-state index contributed by atoms with van der Waals surface area (Å²) in [4.78, 5) is 29.2. The van der Waals surface area contributed by atoms with E-state index in [1.54, 1.807) is 44.5 Å². The van der Waals surface area contributed by atoms with Crippen molar-refractivity contribution in [3.8, 4) is 5.75 Å². The van der Waals surface area contributed by atoms with E-state index in [1.807, 2.05) is 13.8 Å². The van der Waals surface area contributed by atoms with Gasteiger partial charge in [0.2, 0.25) is 5.91 Å². The Balaban J connectivity index is 1.97. The fourth-order valence-electron chi connectivity index (χ4n) is 3.68. The number of nitrogens with zero attached hydrogens (tertiary/aromatic N) is 2. The molecule has 0 bridgehead atoms. The number of amides is 2. The van der Waals surface area contributed by atoms with Crippen LogP contribution >= 0.6 is 0 Å². The van der Waals surface area contributed by atoms with Crippen LogP contribution in [0.5, 0.6) is 5.75 Å². The average molecular weight is 487 g/mol. The normalized spacial score (nSPS) is 11.5. The smallest absolute Gasteiger partial charge is 0.255 e. The number of carbonyl (C=O) groups excluding carboxylic acids is 2. The summed E-state index contributed by atoms with van der Waals surface area (Å²) in [6.45, 7) is 9.70. The van der Waals surface area contributed by atoms with E-state index in [4.69, 9.17) is 4.74 Å². The van der Waals surface area contributed by atoms with E-state index < -0.39 is 17.0 Å². The van der Waals surface area contributed by atoms with Crippen LogP contribution in [0.1, 0.15) is 61.9 Å². The monoisotopic (exact) mass is 486 g/mol. The number of carbonyl (C=O) groups is 2. The highest BCUT2D eigenvalue weighted by Crippen LogP contribution is 2.28. The molecule has 0 aliphatic carbocycles. The minimum absolute atomic E-state index is 0.0502. The first-order valence-electron chi connectivity index (χ1n) is 11.6. The molecule has 35 heavy (non-hydrogen) atoms. The molecule has 0 aliphatic rings. The Labute approximate surface area is 203 Å². The Morgan fingerprint density at radius 1 is 1.11 bits per heavy atom. The minimum Gasteiger partial charge on any atom is -0.493 e. The van der Waals surface area contributed by atoms with Crippen molar-refractivity contribution in [1.29, 1.82) is 0 Å². The summed E-state index contributed by atoms with van der Waals surface area (Å²) < 4.78 is 37.3. The predicted molar refractivity (Wildman–Crippen MR) is 130 cm³/mol. The van der Waals surface area contributed by atoms with E-state index in [0.717, 1.165) is 0 Å². The molecule has 9 heteroatoms. The zero-order chi connectivity index (χ0) is 25.9. The van der Waals surface area contributed by atoms with Gasteiger partial charge in [-0.1, -0.05) is 26.8 Å². The SMILES string of the molecule is CCNC(=O)c1cc2nc(Cc3c(F)ccc(CNC(=O)C(C)(C)C)c3F)n(C)c2cc1OCC. The van der Waals surface area contributed by atoms with Crippen molar-refractivity contribution >= 4 is 22.8 Å². The lowest BCUT2D eigenvalue weighted by Gasteiger charge is -2.18. The molecule has 0 spiro atoms. The molecule has 0 unspecified atom stereocenters. The summed E-state index contributed by atoms with van der Waals surface area (Å²) >= 11 is 0. The maximum absolute atomic E-state index is 15.3. The maximum atomic E-state index is 15.3. The topological polar surface area (TPSA) is 85.3 Å². The van der Waals surface area contributed by atoms with E-state index in [2.05, 4.69) is 15.6 Å². The van der Waals surface area contributed by atoms with Gasteiger partial charge in [0.25, 0.3) is 5.91 Å². The van der Waals surface area contributed by atoms with Gasteiger partial charge in [-0.05, 0) is 26.0 Å². The van der Waals surface area contributed by atoms with E-state index in [1.165, 1.54) is 12.1 Å². The number of imidazole rings is 1. The van der Waals surface area contributed by atoms with Gasteiger partial charge in [-0.2, -0.15) is 0 Å². The number of rotatable bonds is 8. The fraction of sp³-hybridized carbons (Fsp3) is 0.423. The number of fused-ring (bicyclic) bond motifs is 1. The van der Waals surface area contributed by atoms with E-state index in [-0.39, 0.29) is 35.9 Å². The Morgan fingerprint density at radius 2 is 1.83 bits per heavy atom. The van der Waals surface area contributed by atoms with Crippen LogP contribution in [0.4, 0.5) is 8.78 Å². The molecule has 1 heterocycles. The molecule has 0 atom stereocenters. The minimum atomic E-state index is -0.718. The third-order valence-corrected chi connectivity index (χ3v) is 5.68. The molecule has 2 N–H and O–H groups in total. The number of hydrogen-bond donors (Lipinski definition) is 2. The largest absolute Gasteiger partial charge is 0.493 e. The van der Waals surface area contributed by atoms with Crippen molar-refractivity contribution in [2.45, 2.75) is 47.6 Å². The Bertz CT molecular complexity index is 1260. The lowest BCUT2D eigenvalue weighted by atomic mass is 9.95. The highest BCUT2D eigenvalue weighted by atomic mass is 19.1. The van der Waals surface area contributed by atoms with Gasteiger partial charge < -0.3 is 19.9 Å². The van der Waals surface area contributed by atoms with Gasteiger partial charge in [0.1, 0.15) is 23.2 Å². The summed E-state index contributed by atoms with van der Waals surface area (Å²) in [6.07, 6.45) is -0.107. The second kappa shape index (κ2) is 10.4. The highest BCUT2D eigenvalue weighted by Gasteiger charge is 2.23. The molecule has 0 aliphatic heterocycles. The van der Waals surface area contributed by atoms with Crippen LogP contribution in [0.3, 0.4) is 0 Å². The number of nitrogens with one attached hydrogen (secondary N) is 2. The van der Waals surface area contributed by atoms with Crippen LogP contribution in [0.15, 0.2) is 24.3 Å². The number of benzene rings is 2. The molecule has 0 radical (unpaired) electrons. The Morgan fingerprint density at radius 3 is 2.46 bits per heavy atom. The third kappa shape index (κ3) is 5.61. The van der Waals surface area contributed by atoms with Crippen LogP contribution in [0.2, 0.25) is 0 Å². The quantitative estimate of drug-likeness (QED) is 0.499. The first-order valence-corrected chi connectivity index (χ1v) is 11.6. The third-order valence-electron chi connectivity index (χ3n) is 5.68. The number of hydrogen-bond acceptors (Lipinski definition) is 4. The molecule has 3 rings (SSSR count). The molecule has 1 aromatic heterocycles. The van der Waals surface area contributed by atoms with E-state index in [0.29, 0.717) is 41.3 Å². The van der Waals surface area contributed by atoms with Crippen molar-refractivity contribution in [3.63, 3.8) is 0 Å². The van der Waals surface area contributed by atoms with Crippen molar-refractivity contribution in [2.24, 2.45) is 12.5 Å². The van der Waals surface area contributed by atoms with Gasteiger partial charge in [0.15, 0.2) is 0 Å². The highest BCUT2D eigenvalue weighted by molar-refractivity contribution is 6.00. The first kappa shape index (κ1) is 26.1. The van der Waals surface area contributed by atoms with Crippen LogP contribution in [-0.4, -0.2) is 34.5 Å². The van der Waals surface area contributed by atoms with Crippen molar-refractivity contribution in [3.05, 3.63) is 58.4 Å². The molecule has 7 nitrogen and oxygen atoms in total. The lowest BCUT2D eigenvalue weighted by molar-refractivity contribution is -0.128. The van der Waals surface area contributed by atoms with E-state index in [9.17, 15) is 14.0 Å². The first-order chi connectivity index (χ1) is 16.5. The fourth-order valence-corrected chi connectivity index (χ4v) is 3.68. The number of ether oxygens (including phenoxy) is 1. The van der Waals surface area contributed by atoms with Crippen LogP contribution < -0.4 is 15.4 Å². The molecule has 0 saturated heterocycles. The van der Waals surface area contributed by atoms with E-state index >= 15 is 4.39 Å². The van der Waals surface area contributed by atoms with Gasteiger partial charge in [-0.15, -0.1) is 0 Å². The molecular formula is C26H32F2N4O3. The number of halogens is 2. The molecule has 188 valence electrons. The van der Waals surface area contributed by atoms with Crippen molar-refractivity contribution in [2.75, 3.05) is 13.2 Å². The summed E-state index contributed by atoms with van der Waals surface area (Å²) in [5.74, 6) is -1.10. The number of aromatic nitrogens is 2. The zero-order valence-electron chi connectivity index (χ0n) is 21.0. The summed E-state index contributed by atoms with van der Waals surface area (Å²) in [5.41, 5.74) is 0.960. The van der Waals surface area contributed by atoms with Gasteiger partial charge in [-0.3, -0.25) is 9.59 Å².